The monoisotopic (exact) mass is 265 g/mol. The van der Waals surface area contributed by atoms with E-state index in [1.807, 2.05) is 6.92 Å². The number of anilines is 2. The summed E-state index contributed by atoms with van der Waals surface area (Å²) in [5.74, 6) is -0.854. The molecule has 0 fully saturated rings. The Labute approximate surface area is 112 Å². The number of ether oxygens (including phenoxy) is 1. The van der Waals surface area contributed by atoms with E-state index in [-0.39, 0.29) is 25.0 Å². The maximum Gasteiger partial charge on any atom is 0.340 e. The number of hydrogen-bond acceptors (Lipinski definition) is 5. The number of amides is 1. The van der Waals surface area contributed by atoms with E-state index in [4.69, 9.17) is 16.2 Å². The van der Waals surface area contributed by atoms with E-state index >= 15 is 0 Å². The maximum atomic E-state index is 11.7. The fraction of sp³-hybridized carbons (Fsp3) is 0.385. The van der Waals surface area contributed by atoms with Gasteiger partial charge in [-0.15, -0.1) is 0 Å². The number of carbonyl (C=O) groups is 2. The first-order valence-corrected chi connectivity index (χ1v) is 6.05. The van der Waals surface area contributed by atoms with Crippen LogP contribution in [0.2, 0.25) is 0 Å². The van der Waals surface area contributed by atoms with Crippen LogP contribution >= 0.6 is 0 Å². The summed E-state index contributed by atoms with van der Waals surface area (Å²) in [4.78, 5) is 22.5. The number of benzene rings is 1. The van der Waals surface area contributed by atoms with Gasteiger partial charge < -0.3 is 21.5 Å². The van der Waals surface area contributed by atoms with Gasteiger partial charge in [0, 0.05) is 23.8 Å². The second-order valence-corrected chi connectivity index (χ2v) is 4.24. The number of carbonyl (C=O) groups excluding carboxylic acids is 2. The van der Waals surface area contributed by atoms with Crippen LogP contribution in [-0.2, 0) is 9.53 Å². The number of rotatable bonds is 6. The van der Waals surface area contributed by atoms with Crippen molar-refractivity contribution in [1.82, 2.24) is 0 Å². The lowest BCUT2D eigenvalue weighted by Crippen LogP contribution is -2.24. The van der Waals surface area contributed by atoms with Gasteiger partial charge in [0.1, 0.15) is 0 Å². The van der Waals surface area contributed by atoms with Gasteiger partial charge in [-0.25, -0.2) is 4.79 Å². The van der Waals surface area contributed by atoms with E-state index in [2.05, 4.69) is 5.32 Å². The number of hydrogen-bond donors (Lipinski definition) is 3. The summed E-state index contributed by atoms with van der Waals surface area (Å²) >= 11 is 0. The van der Waals surface area contributed by atoms with E-state index in [1.54, 1.807) is 25.1 Å². The normalized spacial score (nSPS) is 11.7. The molecule has 0 aromatic heterocycles. The summed E-state index contributed by atoms with van der Waals surface area (Å²) in [6.45, 7) is 3.84. The fourth-order valence-corrected chi connectivity index (χ4v) is 1.67. The van der Waals surface area contributed by atoms with Crippen LogP contribution in [0, 0.1) is 0 Å². The molecule has 0 aliphatic carbocycles. The van der Waals surface area contributed by atoms with E-state index in [0.717, 1.165) is 0 Å². The molecule has 19 heavy (non-hydrogen) atoms. The Morgan fingerprint density at radius 2 is 2.11 bits per heavy atom. The second-order valence-electron chi connectivity index (χ2n) is 4.24. The van der Waals surface area contributed by atoms with Gasteiger partial charge in [0.25, 0.3) is 0 Å². The molecule has 6 heteroatoms. The summed E-state index contributed by atoms with van der Waals surface area (Å²) in [5, 5.41) is 3.07. The Bertz CT molecular complexity index is 474. The Morgan fingerprint density at radius 3 is 2.68 bits per heavy atom. The van der Waals surface area contributed by atoms with Crippen LogP contribution in [0.1, 0.15) is 30.6 Å². The molecular formula is C13H19N3O3. The Morgan fingerprint density at radius 1 is 1.42 bits per heavy atom. The van der Waals surface area contributed by atoms with Crippen LogP contribution in [-0.4, -0.2) is 24.5 Å². The Balaban J connectivity index is 2.84. The number of nitrogens with two attached hydrogens (primary N) is 2. The molecule has 6 nitrogen and oxygen atoms in total. The zero-order valence-electron chi connectivity index (χ0n) is 11.1. The topological polar surface area (TPSA) is 107 Å². The molecule has 1 atom stereocenters. The molecule has 0 heterocycles. The van der Waals surface area contributed by atoms with Crippen LogP contribution in [0.4, 0.5) is 11.4 Å². The van der Waals surface area contributed by atoms with Crippen molar-refractivity contribution in [3.05, 3.63) is 23.8 Å². The Hall–Kier alpha value is -2.24. The third kappa shape index (κ3) is 4.50. The molecule has 0 saturated carbocycles. The molecule has 0 radical (unpaired) electrons. The highest BCUT2D eigenvalue weighted by molar-refractivity contribution is 5.96. The van der Waals surface area contributed by atoms with E-state index < -0.39 is 5.97 Å². The lowest BCUT2D eigenvalue weighted by atomic mass is 10.1. The van der Waals surface area contributed by atoms with Crippen molar-refractivity contribution in [3.8, 4) is 0 Å². The van der Waals surface area contributed by atoms with Gasteiger partial charge in [0.15, 0.2) is 0 Å². The lowest BCUT2D eigenvalue weighted by molar-refractivity contribution is -0.118. The molecule has 104 valence electrons. The number of primary amides is 1. The molecule has 1 unspecified atom stereocenters. The van der Waals surface area contributed by atoms with Crippen molar-refractivity contribution in [3.63, 3.8) is 0 Å². The zero-order valence-corrected chi connectivity index (χ0v) is 11.1. The molecule has 1 amide bonds. The van der Waals surface area contributed by atoms with Gasteiger partial charge in [-0.05, 0) is 32.0 Å². The molecule has 0 bridgehead atoms. The first kappa shape index (κ1) is 14.8. The summed E-state index contributed by atoms with van der Waals surface area (Å²) in [5.41, 5.74) is 12.2. The van der Waals surface area contributed by atoms with Crippen molar-refractivity contribution in [2.24, 2.45) is 5.73 Å². The SMILES string of the molecule is CCOC(=O)c1cc(NC(C)CC(N)=O)ccc1N. The highest BCUT2D eigenvalue weighted by Crippen LogP contribution is 2.19. The second kappa shape index (κ2) is 6.63. The van der Waals surface area contributed by atoms with Crippen molar-refractivity contribution in [1.29, 1.82) is 0 Å². The van der Waals surface area contributed by atoms with Crippen molar-refractivity contribution in [2.45, 2.75) is 26.3 Å². The summed E-state index contributed by atoms with van der Waals surface area (Å²) < 4.78 is 4.91. The van der Waals surface area contributed by atoms with Crippen LogP contribution < -0.4 is 16.8 Å². The van der Waals surface area contributed by atoms with Gasteiger partial charge in [-0.3, -0.25) is 4.79 Å². The minimum atomic E-state index is -0.466. The van der Waals surface area contributed by atoms with Crippen molar-refractivity contribution >= 4 is 23.3 Å². The molecule has 0 aliphatic rings. The van der Waals surface area contributed by atoms with Crippen LogP contribution in [0.3, 0.4) is 0 Å². The first-order valence-electron chi connectivity index (χ1n) is 6.05. The standard InChI is InChI=1S/C13H19N3O3/c1-3-19-13(18)10-7-9(4-5-11(10)14)16-8(2)6-12(15)17/h4-5,7-8,16H,3,6,14H2,1-2H3,(H2,15,17). The largest absolute Gasteiger partial charge is 0.462 e. The molecule has 0 aliphatic heterocycles. The lowest BCUT2D eigenvalue weighted by Gasteiger charge is -2.15. The van der Waals surface area contributed by atoms with Crippen LogP contribution in [0.5, 0.6) is 0 Å². The minimum absolute atomic E-state index is 0.129. The third-order valence-electron chi connectivity index (χ3n) is 2.47. The molecule has 0 saturated heterocycles. The van der Waals surface area contributed by atoms with Gasteiger partial charge >= 0.3 is 5.97 Å². The first-order chi connectivity index (χ1) is 8.93. The quantitative estimate of drug-likeness (QED) is 0.527. The summed E-state index contributed by atoms with van der Waals surface area (Å²) in [7, 11) is 0. The van der Waals surface area contributed by atoms with Crippen molar-refractivity contribution < 1.29 is 14.3 Å². The highest BCUT2D eigenvalue weighted by Gasteiger charge is 2.13. The van der Waals surface area contributed by atoms with Gasteiger partial charge in [-0.1, -0.05) is 0 Å². The number of nitrogen functional groups attached to an aromatic ring is 1. The molecule has 1 aromatic carbocycles. The summed E-state index contributed by atoms with van der Waals surface area (Å²) in [6.07, 6.45) is 0.207. The average molecular weight is 265 g/mol. The summed E-state index contributed by atoms with van der Waals surface area (Å²) in [6, 6.07) is 4.82. The fourth-order valence-electron chi connectivity index (χ4n) is 1.67. The molecule has 0 spiro atoms. The third-order valence-corrected chi connectivity index (χ3v) is 2.47. The smallest absolute Gasteiger partial charge is 0.340 e. The van der Waals surface area contributed by atoms with Gasteiger partial charge in [-0.2, -0.15) is 0 Å². The van der Waals surface area contributed by atoms with Crippen molar-refractivity contribution in [2.75, 3.05) is 17.7 Å². The van der Waals surface area contributed by atoms with E-state index in [1.165, 1.54) is 0 Å². The molecule has 5 N–H and O–H groups in total. The van der Waals surface area contributed by atoms with E-state index in [0.29, 0.717) is 16.9 Å². The predicted molar refractivity (Wildman–Crippen MR) is 73.7 cm³/mol. The number of nitrogens with one attached hydrogen (secondary N) is 1. The minimum Gasteiger partial charge on any atom is -0.462 e. The molecular weight excluding hydrogens is 246 g/mol. The Kier molecular flexibility index (Phi) is 5.17. The van der Waals surface area contributed by atoms with Gasteiger partial charge in [0.2, 0.25) is 5.91 Å². The maximum absolute atomic E-state index is 11.7. The zero-order chi connectivity index (χ0) is 14.4. The van der Waals surface area contributed by atoms with E-state index in [9.17, 15) is 9.59 Å². The van der Waals surface area contributed by atoms with Crippen LogP contribution in [0.25, 0.3) is 0 Å². The molecule has 1 aromatic rings. The predicted octanol–water partition coefficient (Wildman–Crippen LogP) is 1.12. The van der Waals surface area contributed by atoms with Gasteiger partial charge in [0.05, 0.1) is 12.2 Å². The average Bonchev–Trinajstić information content (AvgIpc) is 2.30. The van der Waals surface area contributed by atoms with Crippen LogP contribution in [0.15, 0.2) is 18.2 Å². The molecule has 1 rings (SSSR count). The number of esters is 1. The highest BCUT2D eigenvalue weighted by atomic mass is 16.5.